The maximum absolute atomic E-state index is 13.8. The summed E-state index contributed by atoms with van der Waals surface area (Å²) in [4.78, 5) is 0.0676. The molecule has 0 fully saturated rings. The first-order chi connectivity index (χ1) is 9.60. The van der Waals surface area contributed by atoms with Crippen LogP contribution in [0.3, 0.4) is 0 Å². The summed E-state index contributed by atoms with van der Waals surface area (Å²) >= 11 is 4.78. The lowest BCUT2D eigenvalue weighted by Gasteiger charge is -2.09. The van der Waals surface area contributed by atoms with Crippen molar-refractivity contribution in [2.75, 3.05) is 5.32 Å². The van der Waals surface area contributed by atoms with Gasteiger partial charge >= 0.3 is 0 Å². The first kappa shape index (κ1) is 14.5. The number of benzene rings is 2. The van der Waals surface area contributed by atoms with Gasteiger partial charge in [-0.2, -0.15) is 0 Å². The highest BCUT2D eigenvalue weighted by Gasteiger charge is 2.06. The first-order valence-corrected chi connectivity index (χ1v) is 6.96. The molecule has 0 saturated heterocycles. The zero-order valence-electron chi connectivity index (χ0n) is 11.3. The second-order valence-electron chi connectivity index (χ2n) is 4.63. The van der Waals surface area contributed by atoms with E-state index in [1.165, 1.54) is 11.6 Å². The van der Waals surface area contributed by atoms with Crippen molar-refractivity contribution in [3.63, 3.8) is 0 Å². The fourth-order valence-electron chi connectivity index (χ4n) is 2.00. The van der Waals surface area contributed by atoms with Crippen molar-refractivity contribution in [1.29, 1.82) is 0 Å². The molecule has 4 heteroatoms. The van der Waals surface area contributed by atoms with Crippen molar-refractivity contribution in [2.45, 2.75) is 19.8 Å². The third-order valence-corrected chi connectivity index (χ3v) is 3.24. The van der Waals surface area contributed by atoms with Gasteiger partial charge in [-0.15, -0.1) is 0 Å². The molecule has 0 atom stereocenters. The summed E-state index contributed by atoms with van der Waals surface area (Å²) in [5.41, 5.74) is 8.60. The molecule has 0 aromatic heterocycles. The molecule has 0 aliphatic heterocycles. The summed E-state index contributed by atoms with van der Waals surface area (Å²) < 4.78 is 13.8. The highest BCUT2D eigenvalue weighted by molar-refractivity contribution is 7.80. The molecule has 2 aromatic rings. The van der Waals surface area contributed by atoms with Crippen molar-refractivity contribution >= 4 is 28.6 Å². The van der Waals surface area contributed by atoms with Crippen LogP contribution in [-0.4, -0.2) is 4.99 Å². The molecule has 0 radical (unpaired) electrons. The Balaban J connectivity index is 2.13. The molecule has 0 bridgehead atoms. The van der Waals surface area contributed by atoms with Crippen LogP contribution in [0, 0.1) is 5.82 Å². The molecular formula is C16H17FN2S. The van der Waals surface area contributed by atoms with E-state index in [-0.39, 0.29) is 10.6 Å². The second kappa shape index (κ2) is 6.48. The zero-order chi connectivity index (χ0) is 14.5. The van der Waals surface area contributed by atoms with Crippen LogP contribution < -0.4 is 11.1 Å². The fraction of sp³-hybridized carbons (Fsp3) is 0.188. The van der Waals surface area contributed by atoms with Gasteiger partial charge in [0.05, 0.1) is 0 Å². The van der Waals surface area contributed by atoms with Gasteiger partial charge in [0.2, 0.25) is 0 Å². The van der Waals surface area contributed by atoms with Gasteiger partial charge in [-0.1, -0.05) is 37.7 Å². The van der Waals surface area contributed by atoms with Crippen LogP contribution in [0.5, 0.6) is 0 Å². The van der Waals surface area contributed by atoms with Gasteiger partial charge in [-0.05, 0) is 42.3 Å². The van der Waals surface area contributed by atoms with E-state index in [1.807, 2.05) is 12.1 Å². The van der Waals surface area contributed by atoms with Gasteiger partial charge in [0.1, 0.15) is 10.8 Å². The molecule has 104 valence electrons. The van der Waals surface area contributed by atoms with Gasteiger partial charge < -0.3 is 11.1 Å². The predicted molar refractivity (Wildman–Crippen MR) is 86.0 cm³/mol. The molecule has 0 aliphatic carbocycles. The van der Waals surface area contributed by atoms with Crippen LogP contribution in [0.1, 0.15) is 24.5 Å². The van der Waals surface area contributed by atoms with E-state index in [4.69, 9.17) is 18.0 Å². The number of hydrogen-bond donors (Lipinski definition) is 2. The summed E-state index contributed by atoms with van der Waals surface area (Å²) in [6, 6.07) is 12.9. The molecule has 0 saturated carbocycles. The van der Waals surface area contributed by atoms with Crippen LogP contribution in [0.2, 0.25) is 0 Å². The largest absolute Gasteiger partial charge is 0.389 e. The topological polar surface area (TPSA) is 38.0 Å². The van der Waals surface area contributed by atoms with E-state index in [2.05, 4.69) is 24.4 Å². The number of thiocarbonyl (C=S) groups is 1. The van der Waals surface area contributed by atoms with Crippen molar-refractivity contribution < 1.29 is 4.39 Å². The van der Waals surface area contributed by atoms with E-state index in [0.29, 0.717) is 5.69 Å². The molecule has 0 spiro atoms. The summed E-state index contributed by atoms with van der Waals surface area (Å²) in [5.74, 6) is -0.412. The van der Waals surface area contributed by atoms with E-state index in [1.54, 1.807) is 12.1 Å². The standard InChI is InChI=1S/C16H17FN2S/c1-2-3-11-4-6-12(7-5-11)19-13-8-9-14(16(18)20)15(17)10-13/h4-10,19H,2-3H2,1H3,(H2,18,20). The summed E-state index contributed by atoms with van der Waals surface area (Å²) in [5, 5.41) is 3.16. The lowest BCUT2D eigenvalue weighted by molar-refractivity contribution is 0.626. The highest BCUT2D eigenvalue weighted by atomic mass is 32.1. The second-order valence-corrected chi connectivity index (χ2v) is 5.07. The molecule has 0 heterocycles. The van der Waals surface area contributed by atoms with Crippen molar-refractivity contribution in [3.8, 4) is 0 Å². The number of nitrogens with two attached hydrogens (primary N) is 1. The molecule has 0 aliphatic rings. The molecule has 0 amide bonds. The van der Waals surface area contributed by atoms with E-state index >= 15 is 0 Å². The van der Waals surface area contributed by atoms with Gasteiger partial charge in [-0.3, -0.25) is 0 Å². The van der Waals surface area contributed by atoms with Gasteiger partial charge in [-0.25, -0.2) is 4.39 Å². The smallest absolute Gasteiger partial charge is 0.135 e. The SMILES string of the molecule is CCCc1ccc(Nc2ccc(C(N)=S)c(F)c2)cc1. The molecule has 2 aromatic carbocycles. The quantitative estimate of drug-likeness (QED) is 0.811. The van der Waals surface area contributed by atoms with Crippen LogP contribution >= 0.6 is 12.2 Å². The molecule has 0 unspecified atom stereocenters. The number of hydrogen-bond acceptors (Lipinski definition) is 2. The molecule has 3 N–H and O–H groups in total. The average molecular weight is 288 g/mol. The zero-order valence-corrected chi connectivity index (χ0v) is 12.1. The number of anilines is 2. The van der Waals surface area contributed by atoms with Gasteiger partial charge in [0, 0.05) is 16.9 Å². The third-order valence-electron chi connectivity index (χ3n) is 3.02. The van der Waals surface area contributed by atoms with Gasteiger partial charge in [0.25, 0.3) is 0 Å². The fourth-order valence-corrected chi connectivity index (χ4v) is 2.17. The normalized spacial score (nSPS) is 10.3. The Morgan fingerprint density at radius 2 is 1.80 bits per heavy atom. The highest BCUT2D eigenvalue weighted by Crippen LogP contribution is 2.20. The predicted octanol–water partition coefficient (Wildman–Crippen LogP) is 4.16. The number of aryl methyl sites for hydroxylation is 1. The molecule has 2 nitrogen and oxygen atoms in total. The van der Waals surface area contributed by atoms with Crippen molar-refractivity contribution in [1.82, 2.24) is 0 Å². The van der Waals surface area contributed by atoms with Crippen LogP contribution in [-0.2, 0) is 6.42 Å². The summed E-state index contributed by atoms with van der Waals surface area (Å²) in [6.07, 6.45) is 2.19. The lowest BCUT2D eigenvalue weighted by atomic mass is 10.1. The van der Waals surface area contributed by atoms with Crippen LogP contribution in [0.4, 0.5) is 15.8 Å². The van der Waals surface area contributed by atoms with Crippen LogP contribution in [0.25, 0.3) is 0 Å². The number of rotatable bonds is 5. The molecule has 2 rings (SSSR count). The Kier molecular flexibility index (Phi) is 4.69. The van der Waals surface area contributed by atoms with E-state index in [0.717, 1.165) is 18.5 Å². The van der Waals surface area contributed by atoms with Crippen molar-refractivity contribution in [2.24, 2.45) is 5.73 Å². The Morgan fingerprint density at radius 1 is 1.15 bits per heavy atom. The molecular weight excluding hydrogens is 271 g/mol. The van der Waals surface area contributed by atoms with E-state index in [9.17, 15) is 4.39 Å². The monoisotopic (exact) mass is 288 g/mol. The Morgan fingerprint density at radius 3 is 2.35 bits per heavy atom. The average Bonchev–Trinajstić information content (AvgIpc) is 2.41. The molecule has 20 heavy (non-hydrogen) atoms. The number of nitrogens with one attached hydrogen (secondary N) is 1. The Hall–Kier alpha value is -1.94. The summed E-state index contributed by atoms with van der Waals surface area (Å²) in [6.45, 7) is 2.15. The van der Waals surface area contributed by atoms with Crippen LogP contribution in [0.15, 0.2) is 42.5 Å². The minimum absolute atomic E-state index is 0.0676. The van der Waals surface area contributed by atoms with E-state index < -0.39 is 5.82 Å². The minimum Gasteiger partial charge on any atom is -0.389 e. The lowest BCUT2D eigenvalue weighted by Crippen LogP contribution is -2.11. The Bertz CT molecular complexity index is 608. The van der Waals surface area contributed by atoms with Gasteiger partial charge in [0.15, 0.2) is 0 Å². The number of halogens is 1. The maximum atomic E-state index is 13.8. The summed E-state index contributed by atoms with van der Waals surface area (Å²) in [7, 11) is 0. The van der Waals surface area contributed by atoms with Crippen molar-refractivity contribution in [3.05, 3.63) is 59.4 Å². The third kappa shape index (κ3) is 3.54. The first-order valence-electron chi connectivity index (χ1n) is 6.55. The Labute approximate surface area is 123 Å². The maximum Gasteiger partial charge on any atom is 0.135 e. The minimum atomic E-state index is -0.412.